The summed E-state index contributed by atoms with van der Waals surface area (Å²) in [6, 6.07) is 0. The maximum absolute atomic E-state index is 13.8. The van der Waals surface area contributed by atoms with Crippen molar-refractivity contribution in [1.82, 2.24) is 0 Å². The number of rotatable bonds is 3. The van der Waals surface area contributed by atoms with Gasteiger partial charge in [-0.3, -0.25) is 0 Å². The lowest BCUT2D eigenvalue weighted by Gasteiger charge is -2.43. The predicted molar refractivity (Wildman–Crippen MR) is 109 cm³/mol. The molecule has 4 rings (SSSR count). The molecule has 0 spiro atoms. The lowest BCUT2D eigenvalue weighted by Crippen LogP contribution is -2.40. The third kappa shape index (κ3) is 4.75. The van der Waals surface area contributed by atoms with Crippen LogP contribution >= 0.6 is 0 Å². The number of hydrogen-bond donors (Lipinski definition) is 0. The Morgan fingerprint density at radius 1 is 0.429 bits per heavy atom. The summed E-state index contributed by atoms with van der Waals surface area (Å²) in [5.74, 6) is 5.17. The Kier molecular flexibility index (Phi) is 6.98. The monoisotopic (exact) mass is 398 g/mol. The Morgan fingerprint density at radius 2 is 0.714 bits per heavy atom. The summed E-state index contributed by atoms with van der Waals surface area (Å²) in [6.45, 7) is 2.41. The second kappa shape index (κ2) is 9.29. The van der Waals surface area contributed by atoms with Gasteiger partial charge in [0.25, 0.3) is 0 Å². The van der Waals surface area contributed by atoms with E-state index in [1.54, 1.807) is 0 Å². The van der Waals surface area contributed by atoms with Gasteiger partial charge in [0.1, 0.15) is 12.3 Å². The van der Waals surface area contributed by atoms with Crippen LogP contribution < -0.4 is 0 Å². The molecule has 0 nitrogen and oxygen atoms in total. The molecule has 0 saturated heterocycles. The van der Waals surface area contributed by atoms with Crippen molar-refractivity contribution < 1.29 is 13.2 Å². The van der Waals surface area contributed by atoms with Crippen LogP contribution in [0.15, 0.2) is 0 Å². The van der Waals surface area contributed by atoms with Crippen molar-refractivity contribution >= 4 is 0 Å². The summed E-state index contributed by atoms with van der Waals surface area (Å²) < 4.78 is 41.0. The van der Waals surface area contributed by atoms with Crippen molar-refractivity contribution in [3.05, 3.63) is 0 Å². The molecular formula is C25H41F3. The van der Waals surface area contributed by atoms with E-state index in [9.17, 15) is 13.2 Å². The van der Waals surface area contributed by atoms with Crippen LogP contribution in [0.2, 0.25) is 0 Å². The van der Waals surface area contributed by atoms with Crippen LogP contribution in [-0.4, -0.2) is 18.5 Å². The molecule has 0 aromatic heterocycles. The number of alkyl halides is 3. The van der Waals surface area contributed by atoms with Gasteiger partial charge in [0.2, 0.25) is 0 Å². The highest BCUT2D eigenvalue weighted by atomic mass is 19.2. The number of hydrogen-bond acceptors (Lipinski definition) is 0. The van der Waals surface area contributed by atoms with Crippen LogP contribution in [0.4, 0.5) is 13.2 Å². The predicted octanol–water partition coefficient (Wildman–Crippen LogP) is 7.85. The van der Waals surface area contributed by atoms with Gasteiger partial charge < -0.3 is 0 Å². The van der Waals surface area contributed by atoms with Crippen molar-refractivity contribution in [2.24, 2.45) is 41.4 Å². The zero-order valence-electron chi connectivity index (χ0n) is 17.8. The van der Waals surface area contributed by atoms with E-state index in [1.807, 2.05) is 0 Å². The summed E-state index contributed by atoms with van der Waals surface area (Å²) >= 11 is 0. The fourth-order valence-electron chi connectivity index (χ4n) is 7.48. The molecule has 0 heterocycles. The van der Waals surface area contributed by atoms with Gasteiger partial charge in [0.05, 0.1) is 0 Å². The summed E-state index contributed by atoms with van der Waals surface area (Å²) in [7, 11) is 0. The SMILES string of the molecule is CC1CCC(C2CCC(C3CCC(C4CC(F)C(F)C(F)C4)CC3)CC2)CC1. The van der Waals surface area contributed by atoms with Gasteiger partial charge in [0.15, 0.2) is 6.17 Å². The van der Waals surface area contributed by atoms with Crippen LogP contribution in [0.3, 0.4) is 0 Å². The van der Waals surface area contributed by atoms with Crippen molar-refractivity contribution in [3.8, 4) is 0 Å². The molecule has 0 bridgehead atoms. The summed E-state index contributed by atoms with van der Waals surface area (Å²) in [4.78, 5) is 0. The maximum atomic E-state index is 13.8. The minimum absolute atomic E-state index is 0.0716. The van der Waals surface area contributed by atoms with E-state index in [1.165, 1.54) is 64.2 Å². The fourth-order valence-corrected chi connectivity index (χ4v) is 7.48. The highest BCUT2D eigenvalue weighted by molar-refractivity contribution is 4.92. The molecule has 0 amide bonds. The summed E-state index contributed by atoms with van der Waals surface area (Å²) in [5.41, 5.74) is 0. The van der Waals surface area contributed by atoms with Gasteiger partial charge >= 0.3 is 0 Å². The molecule has 2 unspecified atom stereocenters. The molecule has 4 fully saturated rings. The Hall–Kier alpha value is -0.210. The third-order valence-electron chi connectivity index (χ3n) is 9.44. The molecule has 0 aromatic carbocycles. The molecule has 162 valence electrons. The molecular weight excluding hydrogens is 357 g/mol. The van der Waals surface area contributed by atoms with Crippen LogP contribution in [0.5, 0.6) is 0 Å². The standard InChI is InChI=1S/C25H41F3/c1-16-2-4-17(5-3-16)18-6-8-19(9-7-18)20-10-12-21(13-11-20)22-14-23(26)25(28)24(27)15-22/h16-25H,2-15H2,1H3. The fraction of sp³-hybridized carbons (Fsp3) is 1.00. The zero-order valence-corrected chi connectivity index (χ0v) is 17.8. The van der Waals surface area contributed by atoms with E-state index in [0.717, 1.165) is 42.4 Å². The molecule has 3 heteroatoms. The van der Waals surface area contributed by atoms with E-state index in [2.05, 4.69) is 6.92 Å². The molecule has 28 heavy (non-hydrogen) atoms. The van der Waals surface area contributed by atoms with E-state index in [4.69, 9.17) is 0 Å². The van der Waals surface area contributed by atoms with Gasteiger partial charge in [-0.1, -0.05) is 19.8 Å². The van der Waals surface area contributed by atoms with Crippen LogP contribution in [0.25, 0.3) is 0 Å². The normalized spacial score (nSPS) is 51.0. The first-order valence-corrected chi connectivity index (χ1v) is 12.4. The van der Waals surface area contributed by atoms with Crippen molar-refractivity contribution in [2.45, 2.75) is 115 Å². The zero-order chi connectivity index (χ0) is 19.7. The van der Waals surface area contributed by atoms with Gasteiger partial charge in [-0.25, -0.2) is 13.2 Å². The van der Waals surface area contributed by atoms with E-state index >= 15 is 0 Å². The van der Waals surface area contributed by atoms with Crippen LogP contribution in [0.1, 0.15) is 96.8 Å². The lowest BCUT2D eigenvalue weighted by molar-refractivity contribution is -0.00742. The smallest absolute Gasteiger partial charge is 0.162 e. The van der Waals surface area contributed by atoms with Crippen molar-refractivity contribution in [1.29, 1.82) is 0 Å². The Morgan fingerprint density at radius 3 is 1.07 bits per heavy atom. The van der Waals surface area contributed by atoms with E-state index in [-0.39, 0.29) is 18.8 Å². The molecule has 4 aliphatic rings. The average molecular weight is 399 g/mol. The van der Waals surface area contributed by atoms with Gasteiger partial charge in [0, 0.05) is 0 Å². The molecule has 0 N–H and O–H groups in total. The maximum Gasteiger partial charge on any atom is 0.162 e. The van der Waals surface area contributed by atoms with E-state index in [0.29, 0.717) is 5.92 Å². The first kappa shape index (κ1) is 21.0. The molecule has 0 aliphatic heterocycles. The van der Waals surface area contributed by atoms with Gasteiger partial charge in [-0.15, -0.1) is 0 Å². The van der Waals surface area contributed by atoms with Crippen molar-refractivity contribution in [3.63, 3.8) is 0 Å². The summed E-state index contributed by atoms with van der Waals surface area (Å²) in [6.07, 6.45) is 11.7. The molecule has 4 saturated carbocycles. The van der Waals surface area contributed by atoms with Crippen LogP contribution in [-0.2, 0) is 0 Å². The average Bonchev–Trinajstić information content (AvgIpc) is 2.72. The molecule has 0 aromatic rings. The highest BCUT2D eigenvalue weighted by Gasteiger charge is 2.43. The van der Waals surface area contributed by atoms with Crippen molar-refractivity contribution in [2.75, 3.05) is 0 Å². The molecule has 4 aliphatic carbocycles. The minimum Gasteiger partial charge on any atom is -0.244 e. The first-order chi connectivity index (χ1) is 13.5. The second-order valence-corrected chi connectivity index (χ2v) is 11.1. The Balaban J connectivity index is 1.20. The summed E-state index contributed by atoms with van der Waals surface area (Å²) in [5, 5.41) is 0. The number of halogens is 3. The Bertz CT molecular complexity index is 458. The van der Waals surface area contributed by atoms with Gasteiger partial charge in [-0.05, 0) is 118 Å². The van der Waals surface area contributed by atoms with Gasteiger partial charge in [-0.2, -0.15) is 0 Å². The first-order valence-electron chi connectivity index (χ1n) is 12.4. The Labute approximate surface area is 170 Å². The minimum atomic E-state index is -1.88. The van der Waals surface area contributed by atoms with Crippen LogP contribution in [0, 0.1) is 41.4 Å². The quantitative estimate of drug-likeness (QED) is 0.454. The lowest BCUT2D eigenvalue weighted by atomic mass is 9.63. The van der Waals surface area contributed by atoms with E-state index < -0.39 is 18.5 Å². The topological polar surface area (TPSA) is 0 Å². The third-order valence-corrected chi connectivity index (χ3v) is 9.44. The molecule has 0 radical (unpaired) electrons. The largest absolute Gasteiger partial charge is 0.244 e. The highest BCUT2D eigenvalue weighted by Crippen LogP contribution is 2.48. The molecule has 2 atom stereocenters. The second-order valence-electron chi connectivity index (χ2n) is 11.1.